The van der Waals surface area contributed by atoms with Crippen LogP contribution in [0.15, 0.2) is 24.3 Å². The molecule has 0 atom stereocenters. The Morgan fingerprint density at radius 2 is 2.10 bits per heavy atom. The van der Waals surface area contributed by atoms with E-state index in [0.717, 1.165) is 17.9 Å². The first-order chi connectivity index (χ1) is 9.71. The summed E-state index contributed by atoms with van der Waals surface area (Å²) in [6.07, 6.45) is 5.08. The fraction of sp³-hybridized carbons (Fsp3) is 0.400. The molecule has 5 heteroatoms. The molecule has 108 valence electrons. The molecule has 5 nitrogen and oxygen atoms in total. The second-order valence-corrected chi connectivity index (χ2v) is 4.21. The van der Waals surface area contributed by atoms with Gasteiger partial charge in [-0.2, -0.15) is 0 Å². The van der Waals surface area contributed by atoms with Gasteiger partial charge in [-0.15, -0.1) is 6.42 Å². The number of likely N-dealkylation sites (N-methyl/N-ethyl adjacent to an activating group) is 1. The SMILES string of the molecule is C#CCNCC(=O)Nc1ccc(N(CC)CCO)cc1. The van der Waals surface area contributed by atoms with E-state index in [0.29, 0.717) is 13.1 Å². The summed E-state index contributed by atoms with van der Waals surface area (Å²) >= 11 is 0. The van der Waals surface area contributed by atoms with Crippen molar-refractivity contribution in [3.8, 4) is 12.3 Å². The summed E-state index contributed by atoms with van der Waals surface area (Å²) in [4.78, 5) is 13.6. The molecule has 1 aromatic carbocycles. The topological polar surface area (TPSA) is 64.6 Å². The molecule has 0 heterocycles. The first-order valence-electron chi connectivity index (χ1n) is 6.61. The van der Waals surface area contributed by atoms with Crippen LogP contribution in [0.4, 0.5) is 11.4 Å². The summed E-state index contributed by atoms with van der Waals surface area (Å²) in [6.45, 7) is 4.13. The highest BCUT2D eigenvalue weighted by atomic mass is 16.3. The van der Waals surface area contributed by atoms with Crippen LogP contribution < -0.4 is 15.5 Å². The van der Waals surface area contributed by atoms with Crippen molar-refractivity contribution in [2.75, 3.05) is 43.0 Å². The molecule has 0 aliphatic rings. The van der Waals surface area contributed by atoms with Gasteiger partial charge in [-0.25, -0.2) is 0 Å². The first kappa shape index (κ1) is 16.0. The summed E-state index contributed by atoms with van der Waals surface area (Å²) in [5.41, 5.74) is 1.76. The lowest BCUT2D eigenvalue weighted by molar-refractivity contribution is -0.115. The number of benzene rings is 1. The molecule has 1 aromatic rings. The van der Waals surface area contributed by atoms with E-state index in [2.05, 4.69) is 21.5 Å². The van der Waals surface area contributed by atoms with Crippen LogP contribution in [0.25, 0.3) is 0 Å². The van der Waals surface area contributed by atoms with Crippen molar-refractivity contribution >= 4 is 17.3 Å². The first-order valence-corrected chi connectivity index (χ1v) is 6.61. The molecule has 1 amide bonds. The van der Waals surface area contributed by atoms with Crippen LogP contribution in [0, 0.1) is 12.3 Å². The smallest absolute Gasteiger partial charge is 0.238 e. The van der Waals surface area contributed by atoms with E-state index in [4.69, 9.17) is 11.5 Å². The molecule has 0 radical (unpaired) electrons. The normalized spacial score (nSPS) is 9.85. The number of amides is 1. The summed E-state index contributed by atoms with van der Waals surface area (Å²) in [5, 5.41) is 14.6. The van der Waals surface area contributed by atoms with Gasteiger partial charge >= 0.3 is 0 Å². The summed E-state index contributed by atoms with van der Waals surface area (Å²) in [6, 6.07) is 7.52. The van der Waals surface area contributed by atoms with E-state index in [1.807, 2.05) is 31.2 Å². The second kappa shape index (κ2) is 8.97. The maximum atomic E-state index is 11.6. The fourth-order valence-corrected chi connectivity index (χ4v) is 1.80. The number of aliphatic hydroxyl groups excluding tert-OH is 1. The molecule has 0 spiro atoms. The predicted molar refractivity (Wildman–Crippen MR) is 81.7 cm³/mol. The number of nitrogens with zero attached hydrogens (tertiary/aromatic N) is 1. The molecule has 0 fully saturated rings. The highest BCUT2D eigenvalue weighted by Gasteiger charge is 2.05. The van der Waals surface area contributed by atoms with Gasteiger partial charge in [-0.1, -0.05) is 5.92 Å². The average molecular weight is 275 g/mol. The van der Waals surface area contributed by atoms with Crippen LogP contribution in [-0.4, -0.2) is 43.8 Å². The van der Waals surface area contributed by atoms with Gasteiger partial charge in [0.15, 0.2) is 0 Å². The third-order valence-corrected chi connectivity index (χ3v) is 2.78. The van der Waals surface area contributed by atoms with Crippen LogP contribution in [0.3, 0.4) is 0 Å². The molecule has 0 bridgehead atoms. The minimum Gasteiger partial charge on any atom is -0.395 e. The van der Waals surface area contributed by atoms with Crippen molar-refractivity contribution in [1.82, 2.24) is 5.32 Å². The Bertz CT molecular complexity index is 451. The van der Waals surface area contributed by atoms with Gasteiger partial charge in [-0.05, 0) is 31.2 Å². The van der Waals surface area contributed by atoms with Crippen molar-refractivity contribution in [3.05, 3.63) is 24.3 Å². The Hall–Kier alpha value is -2.03. The van der Waals surface area contributed by atoms with Crippen molar-refractivity contribution in [3.63, 3.8) is 0 Å². The molecule has 0 aliphatic heterocycles. The van der Waals surface area contributed by atoms with E-state index in [-0.39, 0.29) is 19.1 Å². The van der Waals surface area contributed by atoms with Crippen molar-refractivity contribution in [2.45, 2.75) is 6.92 Å². The molecular formula is C15H21N3O2. The Balaban J connectivity index is 2.53. The summed E-state index contributed by atoms with van der Waals surface area (Å²) < 4.78 is 0. The average Bonchev–Trinajstić information content (AvgIpc) is 2.46. The van der Waals surface area contributed by atoms with Gasteiger partial charge in [0.05, 0.1) is 19.7 Å². The van der Waals surface area contributed by atoms with Crippen molar-refractivity contribution < 1.29 is 9.90 Å². The highest BCUT2D eigenvalue weighted by molar-refractivity contribution is 5.92. The minimum absolute atomic E-state index is 0.118. The van der Waals surface area contributed by atoms with Crippen molar-refractivity contribution in [2.24, 2.45) is 0 Å². The number of anilines is 2. The van der Waals surface area contributed by atoms with E-state index in [9.17, 15) is 4.79 Å². The van der Waals surface area contributed by atoms with E-state index in [1.165, 1.54) is 0 Å². The summed E-state index contributed by atoms with van der Waals surface area (Å²) in [5.74, 6) is 2.28. The molecule has 20 heavy (non-hydrogen) atoms. The zero-order valence-corrected chi connectivity index (χ0v) is 11.7. The number of carbonyl (C=O) groups is 1. The quantitative estimate of drug-likeness (QED) is 0.482. The lowest BCUT2D eigenvalue weighted by Gasteiger charge is -2.22. The zero-order chi connectivity index (χ0) is 14.8. The second-order valence-electron chi connectivity index (χ2n) is 4.21. The van der Waals surface area contributed by atoms with Gasteiger partial charge in [0.1, 0.15) is 0 Å². The molecular weight excluding hydrogens is 254 g/mol. The third-order valence-electron chi connectivity index (χ3n) is 2.78. The number of carbonyl (C=O) groups excluding carboxylic acids is 1. The minimum atomic E-state index is -0.129. The zero-order valence-electron chi connectivity index (χ0n) is 11.7. The molecule has 3 N–H and O–H groups in total. The largest absolute Gasteiger partial charge is 0.395 e. The van der Waals surface area contributed by atoms with Crippen LogP contribution in [0.2, 0.25) is 0 Å². The van der Waals surface area contributed by atoms with Gasteiger partial charge in [0.25, 0.3) is 0 Å². The van der Waals surface area contributed by atoms with E-state index < -0.39 is 0 Å². The van der Waals surface area contributed by atoms with E-state index >= 15 is 0 Å². The molecule has 0 unspecified atom stereocenters. The Morgan fingerprint density at radius 3 is 2.65 bits per heavy atom. The van der Waals surface area contributed by atoms with Crippen LogP contribution >= 0.6 is 0 Å². The number of terminal acetylenes is 1. The van der Waals surface area contributed by atoms with Crippen LogP contribution in [0.1, 0.15) is 6.92 Å². The highest BCUT2D eigenvalue weighted by Crippen LogP contribution is 2.17. The lowest BCUT2D eigenvalue weighted by atomic mass is 10.2. The fourth-order valence-electron chi connectivity index (χ4n) is 1.80. The van der Waals surface area contributed by atoms with Gasteiger partial charge in [0.2, 0.25) is 5.91 Å². The maximum Gasteiger partial charge on any atom is 0.238 e. The maximum absolute atomic E-state index is 11.6. The van der Waals surface area contributed by atoms with Gasteiger partial charge in [-0.3, -0.25) is 10.1 Å². The number of hydrogen-bond acceptors (Lipinski definition) is 4. The standard InChI is InChI=1S/C15H21N3O2/c1-3-9-16-12-15(20)17-13-5-7-14(8-6-13)18(4-2)10-11-19/h1,5-8,16,19H,4,9-12H2,2H3,(H,17,20). The van der Waals surface area contributed by atoms with Gasteiger partial charge in [0, 0.05) is 24.5 Å². The number of nitrogens with one attached hydrogen (secondary N) is 2. The number of hydrogen-bond donors (Lipinski definition) is 3. The van der Waals surface area contributed by atoms with Crippen LogP contribution in [0.5, 0.6) is 0 Å². The molecule has 0 saturated heterocycles. The Labute approximate surface area is 120 Å². The third kappa shape index (κ3) is 5.31. The molecule has 0 aliphatic carbocycles. The molecule has 1 rings (SSSR count). The predicted octanol–water partition coefficient (Wildman–Crippen LogP) is 0.666. The Kier molecular flexibility index (Phi) is 7.18. The number of rotatable bonds is 8. The molecule has 0 saturated carbocycles. The van der Waals surface area contributed by atoms with Crippen molar-refractivity contribution in [1.29, 1.82) is 0 Å². The van der Waals surface area contributed by atoms with E-state index in [1.54, 1.807) is 0 Å². The number of aliphatic hydroxyl groups is 1. The Morgan fingerprint density at radius 1 is 1.40 bits per heavy atom. The summed E-state index contributed by atoms with van der Waals surface area (Å²) in [7, 11) is 0. The van der Waals surface area contributed by atoms with Crippen LogP contribution in [-0.2, 0) is 4.79 Å². The lowest BCUT2D eigenvalue weighted by Crippen LogP contribution is -2.28. The monoisotopic (exact) mass is 275 g/mol. The molecule has 0 aromatic heterocycles. The van der Waals surface area contributed by atoms with Gasteiger partial charge < -0.3 is 15.3 Å².